The van der Waals surface area contributed by atoms with Gasteiger partial charge < -0.3 is 9.47 Å². The first-order chi connectivity index (χ1) is 14.8. The molecule has 0 fully saturated rings. The average molecular weight is 495 g/mol. The number of para-hydroxylation sites is 1. The summed E-state index contributed by atoms with van der Waals surface area (Å²) in [7, 11) is 0. The fraction of sp³-hybridized carbons (Fsp3) is 0.250. The van der Waals surface area contributed by atoms with Crippen molar-refractivity contribution in [2.24, 2.45) is 0 Å². The second kappa shape index (κ2) is 10.3. The Morgan fingerprint density at radius 3 is 2.26 bits per heavy atom. The minimum absolute atomic E-state index is 0.0193. The minimum Gasteiger partial charge on any atom is -0.454 e. The third-order valence-corrected chi connectivity index (χ3v) is 5.30. The van der Waals surface area contributed by atoms with E-state index in [1.807, 2.05) is 30.3 Å². The third kappa shape index (κ3) is 6.32. The van der Waals surface area contributed by atoms with Crippen molar-refractivity contribution >= 4 is 15.9 Å². The molecule has 3 aromatic rings. The number of rotatable bonds is 9. The molecule has 3 rings (SSSR count). The highest BCUT2D eigenvalue weighted by Gasteiger charge is 2.35. The molecular formula is C24H22BrF3O3. The van der Waals surface area contributed by atoms with Gasteiger partial charge in [-0.3, -0.25) is 4.74 Å². The van der Waals surface area contributed by atoms with Crippen LogP contribution in [-0.4, -0.2) is 12.9 Å². The van der Waals surface area contributed by atoms with Crippen LogP contribution in [0.1, 0.15) is 25.0 Å². The molecule has 164 valence electrons. The topological polar surface area (TPSA) is 27.7 Å². The third-order valence-electron chi connectivity index (χ3n) is 4.77. The van der Waals surface area contributed by atoms with Crippen LogP contribution in [0.3, 0.4) is 0 Å². The molecule has 0 N–H and O–H groups in total. The smallest absolute Gasteiger partial charge is 0.347 e. The molecule has 0 bridgehead atoms. The van der Waals surface area contributed by atoms with Crippen molar-refractivity contribution in [1.29, 1.82) is 0 Å². The van der Waals surface area contributed by atoms with Gasteiger partial charge in [0.05, 0.1) is 6.61 Å². The van der Waals surface area contributed by atoms with Crippen molar-refractivity contribution in [1.82, 2.24) is 0 Å². The maximum atomic E-state index is 14.2. The molecule has 0 aromatic heterocycles. The number of benzene rings is 3. The van der Waals surface area contributed by atoms with Gasteiger partial charge in [0.1, 0.15) is 5.75 Å². The highest BCUT2D eigenvalue weighted by molar-refractivity contribution is 9.10. The molecule has 0 aliphatic rings. The highest BCUT2D eigenvalue weighted by Crippen LogP contribution is 2.33. The molecule has 1 atom stereocenters. The summed E-state index contributed by atoms with van der Waals surface area (Å²) in [5.41, 5.74) is 0.455. The van der Waals surface area contributed by atoms with Crippen LogP contribution in [0.4, 0.5) is 13.2 Å². The molecule has 0 spiro atoms. The first-order valence-electron chi connectivity index (χ1n) is 9.58. The molecule has 0 aliphatic carbocycles. The molecule has 0 saturated carbocycles. The number of ether oxygens (including phenoxy) is 3. The summed E-state index contributed by atoms with van der Waals surface area (Å²) >= 11 is 3.36. The van der Waals surface area contributed by atoms with Crippen molar-refractivity contribution in [3.05, 3.63) is 94.2 Å². The van der Waals surface area contributed by atoms with Crippen LogP contribution >= 0.6 is 15.9 Å². The Kier molecular flexibility index (Phi) is 7.75. The predicted molar refractivity (Wildman–Crippen MR) is 116 cm³/mol. The lowest BCUT2D eigenvalue weighted by Crippen LogP contribution is -2.39. The Morgan fingerprint density at radius 2 is 1.61 bits per heavy atom. The van der Waals surface area contributed by atoms with Gasteiger partial charge in [-0.05, 0) is 47.5 Å². The zero-order valence-corrected chi connectivity index (χ0v) is 18.6. The molecule has 0 amide bonds. The first kappa shape index (κ1) is 23.3. The van der Waals surface area contributed by atoms with E-state index < -0.39 is 24.1 Å². The maximum Gasteiger partial charge on any atom is 0.347 e. The second-order valence-electron chi connectivity index (χ2n) is 7.45. The van der Waals surface area contributed by atoms with Gasteiger partial charge >= 0.3 is 6.61 Å². The van der Waals surface area contributed by atoms with Crippen molar-refractivity contribution < 1.29 is 27.4 Å². The Hall–Kier alpha value is -2.35. The van der Waals surface area contributed by atoms with Gasteiger partial charge in [-0.2, -0.15) is 8.78 Å². The van der Waals surface area contributed by atoms with Crippen molar-refractivity contribution in [2.75, 3.05) is 0 Å². The monoisotopic (exact) mass is 494 g/mol. The Bertz CT molecular complexity index is 979. The van der Waals surface area contributed by atoms with Crippen LogP contribution in [0.5, 0.6) is 11.5 Å². The lowest BCUT2D eigenvalue weighted by molar-refractivity contribution is -0.270. The molecular weight excluding hydrogens is 473 g/mol. The molecule has 3 aromatic carbocycles. The van der Waals surface area contributed by atoms with E-state index in [1.54, 1.807) is 38.1 Å². The van der Waals surface area contributed by atoms with E-state index in [9.17, 15) is 13.2 Å². The van der Waals surface area contributed by atoms with E-state index in [4.69, 9.17) is 14.2 Å². The van der Waals surface area contributed by atoms with E-state index in [0.717, 1.165) is 10.0 Å². The van der Waals surface area contributed by atoms with Crippen LogP contribution in [0.25, 0.3) is 0 Å². The second-order valence-corrected chi connectivity index (χ2v) is 8.36. The van der Waals surface area contributed by atoms with Gasteiger partial charge in [-0.15, -0.1) is 0 Å². The van der Waals surface area contributed by atoms with Crippen LogP contribution in [-0.2, 0) is 21.5 Å². The van der Waals surface area contributed by atoms with E-state index in [2.05, 4.69) is 15.9 Å². The molecule has 0 radical (unpaired) electrons. The van der Waals surface area contributed by atoms with Crippen LogP contribution in [0.15, 0.2) is 77.3 Å². The van der Waals surface area contributed by atoms with Crippen LogP contribution < -0.4 is 4.74 Å². The SMILES string of the molecule is CC(C)(c1ccc(Br)cc1)C(OCc1ccc(F)c(Oc2ccccc2)c1)OC(F)F. The van der Waals surface area contributed by atoms with Gasteiger partial charge in [-0.1, -0.05) is 66.2 Å². The number of hydrogen-bond donors (Lipinski definition) is 0. The quantitative estimate of drug-likeness (QED) is 0.289. The number of hydrogen-bond acceptors (Lipinski definition) is 3. The zero-order valence-electron chi connectivity index (χ0n) is 17.0. The molecule has 0 saturated heterocycles. The van der Waals surface area contributed by atoms with Gasteiger partial charge in [0.15, 0.2) is 17.9 Å². The molecule has 0 heterocycles. The van der Waals surface area contributed by atoms with E-state index in [-0.39, 0.29) is 12.4 Å². The normalized spacial score (nSPS) is 12.7. The first-order valence-corrected chi connectivity index (χ1v) is 10.4. The summed E-state index contributed by atoms with van der Waals surface area (Å²) in [6.07, 6.45) is -1.24. The Morgan fingerprint density at radius 1 is 0.935 bits per heavy atom. The molecule has 3 nitrogen and oxygen atoms in total. The lowest BCUT2D eigenvalue weighted by Gasteiger charge is -2.34. The van der Waals surface area contributed by atoms with Crippen molar-refractivity contribution in [3.8, 4) is 11.5 Å². The summed E-state index contributed by atoms with van der Waals surface area (Å²) in [6.45, 7) is 0.448. The van der Waals surface area contributed by atoms with E-state index in [1.165, 1.54) is 18.2 Å². The summed E-state index contributed by atoms with van der Waals surface area (Å²) in [5, 5.41) is 0. The van der Waals surface area contributed by atoms with Gasteiger partial charge in [-0.25, -0.2) is 4.39 Å². The van der Waals surface area contributed by atoms with Crippen molar-refractivity contribution in [3.63, 3.8) is 0 Å². The Balaban J connectivity index is 1.77. The predicted octanol–water partition coefficient (Wildman–Crippen LogP) is 7.44. The number of halogens is 4. The molecule has 7 heteroatoms. The Labute approximate surface area is 187 Å². The van der Waals surface area contributed by atoms with Crippen LogP contribution in [0.2, 0.25) is 0 Å². The number of alkyl halides is 2. The van der Waals surface area contributed by atoms with E-state index in [0.29, 0.717) is 11.3 Å². The molecule has 1 unspecified atom stereocenters. The summed E-state index contributed by atoms with van der Waals surface area (Å²) in [5.74, 6) is -0.0382. The van der Waals surface area contributed by atoms with Gasteiger partial charge in [0, 0.05) is 9.89 Å². The van der Waals surface area contributed by atoms with Crippen LogP contribution in [0, 0.1) is 5.82 Å². The summed E-state index contributed by atoms with van der Waals surface area (Å²) in [4.78, 5) is 0. The fourth-order valence-electron chi connectivity index (χ4n) is 3.03. The van der Waals surface area contributed by atoms with Gasteiger partial charge in [0.2, 0.25) is 0 Å². The molecule has 31 heavy (non-hydrogen) atoms. The van der Waals surface area contributed by atoms with Crippen molar-refractivity contribution in [2.45, 2.75) is 38.8 Å². The average Bonchev–Trinajstić information content (AvgIpc) is 2.74. The summed E-state index contributed by atoms with van der Waals surface area (Å²) in [6, 6.07) is 20.3. The maximum absolute atomic E-state index is 14.2. The lowest BCUT2D eigenvalue weighted by atomic mass is 9.84. The zero-order chi connectivity index (χ0) is 22.4. The van der Waals surface area contributed by atoms with E-state index >= 15 is 0 Å². The standard InChI is InChI=1S/C24H22BrF3O3/c1-24(2,17-9-11-18(25)12-10-17)22(31-23(27)28)29-15-16-8-13-20(26)21(14-16)30-19-6-4-3-5-7-19/h3-14,22-23H,15H2,1-2H3. The fourth-order valence-corrected chi connectivity index (χ4v) is 3.29. The highest BCUT2D eigenvalue weighted by atomic mass is 79.9. The molecule has 0 aliphatic heterocycles. The van der Waals surface area contributed by atoms with Gasteiger partial charge in [0.25, 0.3) is 0 Å². The largest absolute Gasteiger partial charge is 0.454 e. The summed E-state index contributed by atoms with van der Waals surface area (Å²) < 4.78 is 57.4. The minimum atomic E-state index is -3.01.